The van der Waals surface area contributed by atoms with Crippen LogP contribution in [-0.4, -0.2) is 48.2 Å². The summed E-state index contributed by atoms with van der Waals surface area (Å²) in [6, 6.07) is 14.1. The van der Waals surface area contributed by atoms with Crippen molar-refractivity contribution in [2.24, 2.45) is 0 Å². The highest BCUT2D eigenvalue weighted by Gasteiger charge is 2.19. The van der Waals surface area contributed by atoms with Crippen LogP contribution in [0.25, 0.3) is 0 Å². The average molecular weight is 376 g/mol. The van der Waals surface area contributed by atoms with Gasteiger partial charge in [-0.2, -0.15) is 4.98 Å². The lowest BCUT2D eigenvalue weighted by Crippen LogP contribution is -2.47. The van der Waals surface area contributed by atoms with E-state index in [1.807, 2.05) is 42.7 Å². The average Bonchev–Trinajstić information content (AvgIpc) is 2.79. The number of ether oxygens (including phenoxy) is 1. The van der Waals surface area contributed by atoms with Crippen molar-refractivity contribution in [3.05, 3.63) is 66.6 Å². The molecule has 28 heavy (non-hydrogen) atoms. The number of pyridine rings is 1. The molecule has 1 saturated heterocycles. The molecule has 0 saturated carbocycles. The van der Waals surface area contributed by atoms with Crippen LogP contribution >= 0.6 is 0 Å². The number of hydrogen-bond acceptors (Lipinski definition) is 7. The van der Waals surface area contributed by atoms with E-state index in [9.17, 15) is 0 Å². The Balaban J connectivity index is 1.35. The number of methoxy groups -OCH3 is 1. The summed E-state index contributed by atoms with van der Waals surface area (Å²) in [6.45, 7) is 4.33. The summed E-state index contributed by atoms with van der Waals surface area (Å²) >= 11 is 0. The summed E-state index contributed by atoms with van der Waals surface area (Å²) in [5, 5.41) is 3.35. The van der Waals surface area contributed by atoms with Crippen LogP contribution in [-0.2, 0) is 6.54 Å². The van der Waals surface area contributed by atoms with Gasteiger partial charge in [0, 0.05) is 57.0 Å². The van der Waals surface area contributed by atoms with Gasteiger partial charge >= 0.3 is 0 Å². The zero-order valence-electron chi connectivity index (χ0n) is 16.0. The summed E-state index contributed by atoms with van der Waals surface area (Å²) < 4.78 is 5.24. The molecule has 4 rings (SSSR count). The molecule has 0 amide bonds. The molecule has 0 bridgehead atoms. The van der Waals surface area contributed by atoms with Crippen molar-refractivity contribution in [1.82, 2.24) is 15.0 Å². The molecule has 7 nitrogen and oxygen atoms in total. The number of benzene rings is 1. The highest BCUT2D eigenvalue weighted by atomic mass is 16.5. The van der Waals surface area contributed by atoms with Crippen LogP contribution in [0.1, 0.15) is 5.56 Å². The predicted molar refractivity (Wildman–Crippen MR) is 111 cm³/mol. The van der Waals surface area contributed by atoms with E-state index in [0.717, 1.165) is 49.3 Å². The van der Waals surface area contributed by atoms with E-state index in [1.54, 1.807) is 13.3 Å². The molecule has 3 aromatic rings. The van der Waals surface area contributed by atoms with Gasteiger partial charge in [0.15, 0.2) is 0 Å². The molecule has 0 spiro atoms. The number of rotatable bonds is 6. The second-order valence-electron chi connectivity index (χ2n) is 6.63. The second kappa shape index (κ2) is 8.56. The number of piperazine rings is 1. The third-order valence-corrected chi connectivity index (χ3v) is 4.84. The Hall–Kier alpha value is -3.35. The fraction of sp³-hybridized carbons (Fsp3) is 0.286. The van der Waals surface area contributed by atoms with Crippen LogP contribution in [0, 0.1) is 0 Å². The van der Waals surface area contributed by atoms with Crippen LogP contribution in [0.5, 0.6) is 5.75 Å². The van der Waals surface area contributed by atoms with Crippen LogP contribution in [0.4, 0.5) is 17.5 Å². The summed E-state index contributed by atoms with van der Waals surface area (Å²) in [5.41, 5.74) is 2.34. The third-order valence-electron chi connectivity index (χ3n) is 4.84. The predicted octanol–water partition coefficient (Wildman–Crippen LogP) is 2.82. The lowest BCUT2D eigenvalue weighted by atomic mass is 10.2. The third kappa shape index (κ3) is 4.31. The van der Waals surface area contributed by atoms with Crippen molar-refractivity contribution in [2.75, 3.05) is 48.4 Å². The van der Waals surface area contributed by atoms with Gasteiger partial charge in [-0.15, -0.1) is 0 Å². The quantitative estimate of drug-likeness (QED) is 0.709. The van der Waals surface area contributed by atoms with Gasteiger partial charge in [-0.1, -0.05) is 6.07 Å². The zero-order chi connectivity index (χ0) is 19.2. The first-order valence-electron chi connectivity index (χ1n) is 9.41. The minimum Gasteiger partial charge on any atom is -0.497 e. The van der Waals surface area contributed by atoms with Crippen LogP contribution in [0.2, 0.25) is 0 Å². The fourth-order valence-corrected chi connectivity index (χ4v) is 3.25. The van der Waals surface area contributed by atoms with Crippen molar-refractivity contribution in [3.8, 4) is 5.75 Å². The molecule has 1 aliphatic heterocycles. The van der Waals surface area contributed by atoms with Gasteiger partial charge in [0.1, 0.15) is 11.6 Å². The number of hydrogen-bond donors (Lipinski definition) is 1. The summed E-state index contributed by atoms with van der Waals surface area (Å²) in [5.74, 6) is 2.48. The van der Waals surface area contributed by atoms with Crippen molar-refractivity contribution in [2.45, 2.75) is 6.54 Å². The topological polar surface area (TPSA) is 66.4 Å². The van der Waals surface area contributed by atoms with Gasteiger partial charge in [0.2, 0.25) is 5.95 Å². The normalized spacial score (nSPS) is 14.0. The summed E-state index contributed by atoms with van der Waals surface area (Å²) in [7, 11) is 1.69. The zero-order valence-corrected chi connectivity index (χ0v) is 16.0. The first-order chi connectivity index (χ1) is 13.8. The molecule has 3 heterocycles. The SMILES string of the molecule is COc1ccc(N2CCN(c3nccc(NCc4cccnc4)n3)CC2)cc1. The van der Waals surface area contributed by atoms with Gasteiger partial charge < -0.3 is 19.9 Å². The molecule has 1 aromatic carbocycles. The minimum absolute atomic E-state index is 0.690. The molecule has 144 valence electrons. The minimum atomic E-state index is 0.690. The van der Waals surface area contributed by atoms with E-state index in [-0.39, 0.29) is 0 Å². The maximum atomic E-state index is 5.24. The molecule has 1 N–H and O–H groups in total. The fourth-order valence-electron chi connectivity index (χ4n) is 3.25. The van der Waals surface area contributed by atoms with Gasteiger partial charge in [-0.05, 0) is 42.0 Å². The van der Waals surface area contributed by atoms with Crippen molar-refractivity contribution in [3.63, 3.8) is 0 Å². The highest BCUT2D eigenvalue weighted by molar-refractivity contribution is 5.51. The molecular weight excluding hydrogens is 352 g/mol. The van der Waals surface area contributed by atoms with E-state index in [1.165, 1.54) is 5.69 Å². The van der Waals surface area contributed by atoms with Crippen LogP contribution in [0.15, 0.2) is 61.1 Å². The lowest BCUT2D eigenvalue weighted by Gasteiger charge is -2.36. The molecule has 1 aliphatic rings. The van der Waals surface area contributed by atoms with Gasteiger partial charge in [0.05, 0.1) is 7.11 Å². The summed E-state index contributed by atoms with van der Waals surface area (Å²) in [6.07, 6.45) is 5.44. The Morgan fingerprint density at radius 3 is 2.46 bits per heavy atom. The molecule has 7 heteroatoms. The number of anilines is 3. The maximum absolute atomic E-state index is 5.24. The Morgan fingerprint density at radius 1 is 0.964 bits per heavy atom. The smallest absolute Gasteiger partial charge is 0.227 e. The number of nitrogens with one attached hydrogen (secondary N) is 1. The number of aromatic nitrogens is 3. The molecule has 0 unspecified atom stereocenters. The van der Waals surface area contributed by atoms with Crippen molar-refractivity contribution >= 4 is 17.5 Å². The van der Waals surface area contributed by atoms with E-state index >= 15 is 0 Å². The molecule has 0 radical (unpaired) electrons. The summed E-state index contributed by atoms with van der Waals surface area (Å²) in [4.78, 5) is 17.9. The molecule has 1 fully saturated rings. The molecular formula is C21H24N6O. The Kier molecular flexibility index (Phi) is 5.51. The number of nitrogens with zero attached hydrogens (tertiary/aromatic N) is 5. The molecule has 2 aromatic heterocycles. The van der Waals surface area contributed by atoms with Crippen molar-refractivity contribution < 1.29 is 4.74 Å². The first kappa shape index (κ1) is 18.0. The molecule has 0 atom stereocenters. The van der Waals surface area contributed by atoms with Gasteiger partial charge in [-0.3, -0.25) is 4.98 Å². The standard InChI is InChI=1S/C21H24N6O/c1-28-19-6-4-18(5-7-19)26-11-13-27(14-12-26)21-23-10-8-20(25-21)24-16-17-3-2-9-22-15-17/h2-10,15H,11-14,16H2,1H3,(H,23,24,25). The Labute approximate surface area is 165 Å². The van der Waals surface area contributed by atoms with Gasteiger partial charge in [0.25, 0.3) is 0 Å². The molecule has 0 aliphatic carbocycles. The Morgan fingerprint density at radius 2 is 1.75 bits per heavy atom. The van der Waals surface area contributed by atoms with Gasteiger partial charge in [-0.25, -0.2) is 4.98 Å². The first-order valence-corrected chi connectivity index (χ1v) is 9.41. The van der Waals surface area contributed by atoms with Crippen LogP contribution < -0.4 is 19.9 Å². The monoisotopic (exact) mass is 376 g/mol. The second-order valence-corrected chi connectivity index (χ2v) is 6.63. The lowest BCUT2D eigenvalue weighted by molar-refractivity contribution is 0.415. The van der Waals surface area contributed by atoms with Crippen LogP contribution in [0.3, 0.4) is 0 Å². The van der Waals surface area contributed by atoms with E-state index in [0.29, 0.717) is 6.54 Å². The Bertz CT molecular complexity index is 879. The largest absolute Gasteiger partial charge is 0.497 e. The van der Waals surface area contributed by atoms with E-state index < -0.39 is 0 Å². The van der Waals surface area contributed by atoms with E-state index in [2.05, 4.69) is 42.2 Å². The maximum Gasteiger partial charge on any atom is 0.227 e. The van der Waals surface area contributed by atoms with E-state index in [4.69, 9.17) is 4.74 Å². The van der Waals surface area contributed by atoms with Crippen molar-refractivity contribution in [1.29, 1.82) is 0 Å². The highest BCUT2D eigenvalue weighted by Crippen LogP contribution is 2.22.